The van der Waals surface area contributed by atoms with E-state index >= 15 is 0 Å². The molecule has 0 bridgehead atoms. The standard InChI is InChI=1S/C15H15NO2/c1-12(15(17)13-8-4-2-5-9-13)18-16-14-10-6-3-7-11-14/h2-12,16H,1H3. The van der Waals surface area contributed by atoms with Gasteiger partial charge in [-0.3, -0.25) is 15.1 Å². The van der Waals surface area contributed by atoms with Crippen LogP contribution in [-0.4, -0.2) is 11.9 Å². The zero-order valence-electron chi connectivity index (χ0n) is 10.2. The lowest BCUT2D eigenvalue weighted by atomic mass is 10.1. The summed E-state index contributed by atoms with van der Waals surface area (Å²) in [7, 11) is 0. The highest BCUT2D eigenvalue weighted by Crippen LogP contribution is 2.09. The molecule has 0 saturated heterocycles. The Morgan fingerprint density at radius 1 is 1.00 bits per heavy atom. The number of anilines is 1. The van der Waals surface area contributed by atoms with Crippen molar-refractivity contribution in [3.63, 3.8) is 0 Å². The second-order valence-corrected chi connectivity index (χ2v) is 3.96. The van der Waals surface area contributed by atoms with Crippen molar-refractivity contribution >= 4 is 11.5 Å². The van der Waals surface area contributed by atoms with Gasteiger partial charge in [-0.2, -0.15) is 0 Å². The number of hydrogen-bond donors (Lipinski definition) is 1. The lowest BCUT2D eigenvalue weighted by molar-refractivity contribution is 0.0648. The number of rotatable bonds is 5. The van der Waals surface area contributed by atoms with Crippen LogP contribution < -0.4 is 5.48 Å². The number of Topliss-reactive ketones (excluding diaryl/α,β-unsaturated/α-hetero) is 1. The van der Waals surface area contributed by atoms with E-state index in [1.165, 1.54) is 0 Å². The third kappa shape index (κ3) is 3.18. The Labute approximate surface area is 106 Å². The molecule has 0 aliphatic rings. The number of nitrogens with one attached hydrogen (secondary N) is 1. The van der Waals surface area contributed by atoms with Gasteiger partial charge in [-0.25, -0.2) is 0 Å². The lowest BCUT2D eigenvalue weighted by Crippen LogP contribution is -2.23. The maximum Gasteiger partial charge on any atom is 0.193 e. The first kappa shape index (κ1) is 12.3. The van der Waals surface area contributed by atoms with E-state index in [0.29, 0.717) is 5.56 Å². The fraction of sp³-hybridized carbons (Fsp3) is 0.133. The number of carbonyl (C=O) groups is 1. The second kappa shape index (κ2) is 5.98. The van der Waals surface area contributed by atoms with Crippen molar-refractivity contribution < 1.29 is 9.63 Å². The molecule has 0 aliphatic heterocycles. The molecular weight excluding hydrogens is 226 g/mol. The molecule has 0 aromatic heterocycles. The highest BCUT2D eigenvalue weighted by molar-refractivity contribution is 5.99. The Hall–Kier alpha value is -2.13. The second-order valence-electron chi connectivity index (χ2n) is 3.96. The van der Waals surface area contributed by atoms with Crippen molar-refractivity contribution in [1.29, 1.82) is 0 Å². The highest BCUT2D eigenvalue weighted by atomic mass is 16.7. The molecule has 0 amide bonds. The van der Waals surface area contributed by atoms with Gasteiger partial charge in [0.15, 0.2) is 5.78 Å². The average Bonchev–Trinajstić information content (AvgIpc) is 2.46. The minimum absolute atomic E-state index is 0.0426. The zero-order chi connectivity index (χ0) is 12.8. The highest BCUT2D eigenvalue weighted by Gasteiger charge is 2.15. The van der Waals surface area contributed by atoms with E-state index in [2.05, 4.69) is 5.48 Å². The van der Waals surface area contributed by atoms with Gasteiger partial charge in [-0.05, 0) is 19.1 Å². The lowest BCUT2D eigenvalue weighted by Gasteiger charge is -2.13. The molecule has 2 aromatic carbocycles. The Morgan fingerprint density at radius 2 is 1.56 bits per heavy atom. The van der Waals surface area contributed by atoms with Crippen LogP contribution in [0.4, 0.5) is 5.69 Å². The van der Waals surface area contributed by atoms with Gasteiger partial charge in [0.1, 0.15) is 6.10 Å². The number of benzene rings is 2. The summed E-state index contributed by atoms with van der Waals surface area (Å²) in [4.78, 5) is 17.3. The van der Waals surface area contributed by atoms with Crippen molar-refractivity contribution in [2.24, 2.45) is 0 Å². The molecule has 2 aromatic rings. The number of para-hydroxylation sites is 1. The van der Waals surface area contributed by atoms with Crippen LogP contribution >= 0.6 is 0 Å². The third-order valence-corrected chi connectivity index (χ3v) is 2.55. The van der Waals surface area contributed by atoms with Crippen LogP contribution in [0.3, 0.4) is 0 Å². The quantitative estimate of drug-likeness (QED) is 0.644. The first-order valence-corrected chi connectivity index (χ1v) is 5.83. The molecule has 1 unspecified atom stereocenters. The van der Waals surface area contributed by atoms with Gasteiger partial charge in [0, 0.05) is 5.56 Å². The number of carbonyl (C=O) groups excluding carboxylic acids is 1. The monoisotopic (exact) mass is 241 g/mol. The van der Waals surface area contributed by atoms with Gasteiger partial charge in [-0.1, -0.05) is 48.5 Å². The van der Waals surface area contributed by atoms with E-state index in [-0.39, 0.29) is 5.78 Å². The largest absolute Gasteiger partial charge is 0.291 e. The summed E-state index contributed by atoms with van der Waals surface area (Å²) in [6.45, 7) is 1.73. The first-order chi connectivity index (χ1) is 8.77. The maximum atomic E-state index is 12.0. The predicted molar refractivity (Wildman–Crippen MR) is 71.4 cm³/mol. The summed E-state index contributed by atoms with van der Waals surface area (Å²) in [5.74, 6) is -0.0426. The minimum atomic E-state index is -0.535. The Bertz CT molecular complexity index is 496. The summed E-state index contributed by atoms with van der Waals surface area (Å²) >= 11 is 0. The SMILES string of the molecule is CC(ONc1ccccc1)C(=O)c1ccccc1. The molecule has 1 atom stereocenters. The zero-order valence-corrected chi connectivity index (χ0v) is 10.2. The topological polar surface area (TPSA) is 38.3 Å². The summed E-state index contributed by atoms with van der Waals surface area (Å²) in [5, 5.41) is 0. The molecule has 0 aliphatic carbocycles. The van der Waals surface area contributed by atoms with Crippen molar-refractivity contribution in [1.82, 2.24) is 0 Å². The van der Waals surface area contributed by atoms with E-state index in [1.54, 1.807) is 19.1 Å². The summed E-state index contributed by atoms with van der Waals surface area (Å²) in [6, 6.07) is 18.6. The third-order valence-electron chi connectivity index (χ3n) is 2.55. The molecule has 0 heterocycles. The molecule has 3 nitrogen and oxygen atoms in total. The van der Waals surface area contributed by atoms with E-state index in [0.717, 1.165) is 5.69 Å². The molecule has 92 valence electrons. The van der Waals surface area contributed by atoms with Gasteiger partial charge in [0.2, 0.25) is 0 Å². The molecule has 2 rings (SSSR count). The molecule has 0 saturated carbocycles. The molecule has 0 fully saturated rings. The molecule has 0 radical (unpaired) electrons. The Morgan fingerprint density at radius 3 is 2.17 bits per heavy atom. The number of hydrogen-bond acceptors (Lipinski definition) is 3. The van der Waals surface area contributed by atoms with E-state index in [1.807, 2.05) is 48.5 Å². The number of ketones is 1. The Kier molecular flexibility index (Phi) is 4.10. The van der Waals surface area contributed by atoms with Gasteiger partial charge in [0.05, 0.1) is 5.69 Å². The molecule has 1 N–H and O–H groups in total. The maximum absolute atomic E-state index is 12.0. The average molecular weight is 241 g/mol. The van der Waals surface area contributed by atoms with Crippen molar-refractivity contribution in [3.8, 4) is 0 Å². The van der Waals surface area contributed by atoms with Crippen LogP contribution in [0.2, 0.25) is 0 Å². The van der Waals surface area contributed by atoms with Gasteiger partial charge in [0.25, 0.3) is 0 Å². The van der Waals surface area contributed by atoms with Crippen LogP contribution in [0.15, 0.2) is 60.7 Å². The van der Waals surface area contributed by atoms with Crippen molar-refractivity contribution in [2.45, 2.75) is 13.0 Å². The van der Waals surface area contributed by atoms with E-state index in [4.69, 9.17) is 4.84 Å². The fourth-order valence-electron chi connectivity index (χ4n) is 1.55. The summed E-state index contributed by atoms with van der Waals surface area (Å²) < 4.78 is 0. The first-order valence-electron chi connectivity index (χ1n) is 5.83. The predicted octanol–water partition coefficient (Wildman–Crippen LogP) is 3.30. The minimum Gasteiger partial charge on any atom is -0.291 e. The van der Waals surface area contributed by atoms with E-state index < -0.39 is 6.10 Å². The normalized spacial score (nSPS) is 11.8. The smallest absolute Gasteiger partial charge is 0.193 e. The van der Waals surface area contributed by atoms with Crippen LogP contribution in [0.25, 0.3) is 0 Å². The van der Waals surface area contributed by atoms with Gasteiger partial charge >= 0.3 is 0 Å². The molecule has 0 spiro atoms. The molecular formula is C15H15NO2. The summed E-state index contributed by atoms with van der Waals surface area (Å²) in [5.41, 5.74) is 4.25. The van der Waals surface area contributed by atoms with E-state index in [9.17, 15) is 4.79 Å². The van der Waals surface area contributed by atoms with Crippen molar-refractivity contribution in [2.75, 3.05) is 5.48 Å². The molecule has 18 heavy (non-hydrogen) atoms. The fourth-order valence-corrected chi connectivity index (χ4v) is 1.55. The van der Waals surface area contributed by atoms with Crippen LogP contribution in [-0.2, 0) is 4.84 Å². The summed E-state index contributed by atoms with van der Waals surface area (Å²) in [6.07, 6.45) is -0.535. The van der Waals surface area contributed by atoms with Gasteiger partial charge < -0.3 is 0 Å². The van der Waals surface area contributed by atoms with Crippen LogP contribution in [0.1, 0.15) is 17.3 Å². The Balaban J connectivity index is 1.93. The van der Waals surface area contributed by atoms with Gasteiger partial charge in [-0.15, -0.1) is 0 Å². The van der Waals surface area contributed by atoms with Crippen LogP contribution in [0, 0.1) is 0 Å². The van der Waals surface area contributed by atoms with Crippen LogP contribution in [0.5, 0.6) is 0 Å². The van der Waals surface area contributed by atoms with Crippen molar-refractivity contribution in [3.05, 3.63) is 66.2 Å². The molecule has 3 heteroatoms.